The van der Waals surface area contributed by atoms with E-state index in [9.17, 15) is 0 Å². The first-order valence-corrected chi connectivity index (χ1v) is 6.41. The third kappa shape index (κ3) is 1.92. The Morgan fingerprint density at radius 1 is 1.06 bits per heavy atom. The number of hydrogen-bond donors (Lipinski definition) is 0. The lowest BCUT2D eigenvalue weighted by atomic mass is 10.2. The summed E-state index contributed by atoms with van der Waals surface area (Å²) < 4.78 is 2.39. The minimum atomic E-state index is 0.936. The highest BCUT2D eigenvalue weighted by Gasteiger charge is 2.07. The van der Waals surface area contributed by atoms with Crippen LogP contribution < -0.4 is 0 Å². The third-order valence-corrected chi connectivity index (χ3v) is 3.36. The first kappa shape index (κ1) is 11.1. The lowest BCUT2D eigenvalue weighted by Gasteiger charge is -2.09. The maximum atomic E-state index is 3.31. The van der Waals surface area contributed by atoms with Crippen LogP contribution in [0.1, 0.15) is 18.2 Å². The quantitative estimate of drug-likeness (QED) is 0.644. The molecule has 0 bridgehead atoms. The fraction of sp³-hybridized carbons (Fsp3) is 0.176. The van der Waals surface area contributed by atoms with Gasteiger partial charge in [0, 0.05) is 23.1 Å². The molecule has 0 atom stereocenters. The van der Waals surface area contributed by atoms with E-state index < -0.39 is 0 Å². The monoisotopic (exact) mass is 234 g/mol. The molecule has 0 aliphatic rings. The molecule has 1 nitrogen and oxygen atoms in total. The molecule has 0 spiro atoms. The summed E-state index contributed by atoms with van der Waals surface area (Å²) in [5.41, 5.74) is 3.99. The molecule has 0 saturated heterocycles. The molecule has 0 aliphatic carbocycles. The minimum Gasteiger partial charge on any atom is -0.340 e. The molecule has 0 N–H and O–H groups in total. The van der Waals surface area contributed by atoms with E-state index in [0.717, 1.165) is 13.0 Å². The van der Waals surface area contributed by atoms with Gasteiger partial charge < -0.3 is 4.57 Å². The Hall–Kier alpha value is -2.02. The largest absolute Gasteiger partial charge is 0.340 e. The molecule has 89 valence electrons. The molecule has 0 amide bonds. The molecule has 0 saturated carbocycles. The van der Waals surface area contributed by atoms with E-state index in [2.05, 4.69) is 66.1 Å². The number of rotatable bonds is 3. The Bertz CT molecular complexity index is 650. The molecular formula is C17H16N. The van der Waals surface area contributed by atoms with Crippen LogP contribution in [0.25, 0.3) is 10.9 Å². The van der Waals surface area contributed by atoms with Crippen molar-refractivity contribution < 1.29 is 0 Å². The zero-order chi connectivity index (χ0) is 12.4. The van der Waals surface area contributed by atoms with Crippen molar-refractivity contribution in [3.05, 3.63) is 71.9 Å². The summed E-state index contributed by atoms with van der Waals surface area (Å²) in [6, 6.07) is 22.4. The zero-order valence-electron chi connectivity index (χ0n) is 10.6. The Kier molecular flexibility index (Phi) is 2.89. The highest BCUT2D eigenvalue weighted by atomic mass is 15.0. The van der Waals surface area contributed by atoms with Gasteiger partial charge in [-0.05, 0) is 30.2 Å². The Balaban J connectivity index is 2.10. The van der Waals surface area contributed by atoms with Crippen LogP contribution in [0.3, 0.4) is 0 Å². The van der Waals surface area contributed by atoms with Gasteiger partial charge in [-0.25, -0.2) is 0 Å². The molecule has 3 aromatic rings. The van der Waals surface area contributed by atoms with E-state index >= 15 is 0 Å². The van der Waals surface area contributed by atoms with Gasteiger partial charge in [0.05, 0.1) is 0 Å². The lowest BCUT2D eigenvalue weighted by molar-refractivity contribution is 0.776. The molecule has 0 unspecified atom stereocenters. The van der Waals surface area contributed by atoms with Crippen molar-refractivity contribution in [1.29, 1.82) is 0 Å². The van der Waals surface area contributed by atoms with Gasteiger partial charge in [0.25, 0.3) is 0 Å². The summed E-state index contributed by atoms with van der Waals surface area (Å²) >= 11 is 0. The second-order valence-electron chi connectivity index (χ2n) is 4.53. The van der Waals surface area contributed by atoms with Gasteiger partial charge in [0.2, 0.25) is 0 Å². The maximum Gasteiger partial charge on any atom is 0.0491 e. The Morgan fingerprint density at radius 2 is 1.89 bits per heavy atom. The van der Waals surface area contributed by atoms with Gasteiger partial charge in [-0.15, -0.1) is 0 Å². The normalized spacial score (nSPS) is 10.9. The van der Waals surface area contributed by atoms with Crippen LogP contribution in [0, 0.1) is 6.07 Å². The second kappa shape index (κ2) is 4.69. The third-order valence-electron chi connectivity index (χ3n) is 3.36. The van der Waals surface area contributed by atoms with Crippen LogP contribution in [0.15, 0.2) is 54.6 Å². The predicted octanol–water partition coefficient (Wildman–Crippen LogP) is 4.05. The van der Waals surface area contributed by atoms with Gasteiger partial charge in [-0.3, -0.25) is 0 Å². The van der Waals surface area contributed by atoms with Crippen LogP contribution in [-0.4, -0.2) is 4.57 Å². The van der Waals surface area contributed by atoms with Gasteiger partial charge in [0.1, 0.15) is 0 Å². The number of aryl methyl sites for hydroxylation is 1. The number of fused-ring (bicyclic) bond motifs is 1. The molecule has 18 heavy (non-hydrogen) atoms. The molecule has 1 heteroatoms. The average Bonchev–Trinajstić information content (AvgIpc) is 2.78. The highest BCUT2D eigenvalue weighted by Crippen LogP contribution is 2.21. The predicted molar refractivity (Wildman–Crippen MR) is 75.7 cm³/mol. The van der Waals surface area contributed by atoms with Crippen molar-refractivity contribution in [2.45, 2.75) is 19.9 Å². The number of nitrogens with zero attached hydrogens (tertiary/aromatic N) is 1. The molecule has 2 aromatic carbocycles. The molecule has 1 aromatic heterocycles. The lowest BCUT2D eigenvalue weighted by Crippen LogP contribution is -2.03. The second-order valence-corrected chi connectivity index (χ2v) is 4.53. The number of aromatic nitrogens is 1. The summed E-state index contributed by atoms with van der Waals surface area (Å²) in [6.07, 6.45) is 1.05. The molecule has 0 fully saturated rings. The van der Waals surface area contributed by atoms with E-state index in [4.69, 9.17) is 0 Å². The van der Waals surface area contributed by atoms with Crippen molar-refractivity contribution >= 4 is 10.9 Å². The van der Waals surface area contributed by atoms with Crippen molar-refractivity contribution in [2.75, 3.05) is 0 Å². The van der Waals surface area contributed by atoms with Gasteiger partial charge in [-0.2, -0.15) is 0 Å². The van der Waals surface area contributed by atoms with Crippen LogP contribution in [0.4, 0.5) is 0 Å². The SMILES string of the molecule is CCc1cc2[c]cccc2n1Cc1ccccc1. The topological polar surface area (TPSA) is 4.93 Å². The Labute approximate surface area is 108 Å². The Morgan fingerprint density at radius 3 is 2.67 bits per heavy atom. The zero-order valence-corrected chi connectivity index (χ0v) is 10.6. The van der Waals surface area contributed by atoms with Crippen LogP contribution in [-0.2, 0) is 13.0 Å². The fourth-order valence-corrected chi connectivity index (χ4v) is 2.44. The average molecular weight is 234 g/mol. The number of hydrogen-bond acceptors (Lipinski definition) is 0. The van der Waals surface area contributed by atoms with Crippen molar-refractivity contribution in [1.82, 2.24) is 4.57 Å². The standard InChI is InChI=1S/C17H16N/c1-2-16-12-15-10-6-7-11-17(15)18(16)13-14-8-4-3-5-9-14/h3-9,11-12H,2,13H2,1H3. The smallest absolute Gasteiger partial charge is 0.0491 e. The van der Waals surface area contributed by atoms with Gasteiger partial charge >= 0.3 is 0 Å². The summed E-state index contributed by atoms with van der Waals surface area (Å²) in [7, 11) is 0. The van der Waals surface area contributed by atoms with E-state index in [-0.39, 0.29) is 0 Å². The molecule has 3 rings (SSSR count). The van der Waals surface area contributed by atoms with Crippen molar-refractivity contribution in [3.63, 3.8) is 0 Å². The fourth-order valence-electron chi connectivity index (χ4n) is 2.44. The van der Waals surface area contributed by atoms with E-state index in [1.165, 1.54) is 22.2 Å². The van der Waals surface area contributed by atoms with E-state index in [1.807, 2.05) is 6.07 Å². The summed E-state index contributed by atoms with van der Waals surface area (Å²) in [4.78, 5) is 0. The summed E-state index contributed by atoms with van der Waals surface area (Å²) in [5, 5.41) is 1.21. The minimum absolute atomic E-state index is 0.936. The summed E-state index contributed by atoms with van der Waals surface area (Å²) in [6.45, 7) is 3.14. The molecular weight excluding hydrogens is 218 g/mol. The van der Waals surface area contributed by atoms with E-state index in [0.29, 0.717) is 0 Å². The first-order chi connectivity index (χ1) is 8.88. The first-order valence-electron chi connectivity index (χ1n) is 6.41. The van der Waals surface area contributed by atoms with Crippen molar-refractivity contribution in [3.8, 4) is 0 Å². The molecule has 1 heterocycles. The van der Waals surface area contributed by atoms with Crippen LogP contribution in [0.2, 0.25) is 0 Å². The number of benzene rings is 2. The van der Waals surface area contributed by atoms with E-state index in [1.54, 1.807) is 0 Å². The summed E-state index contributed by atoms with van der Waals surface area (Å²) in [5.74, 6) is 0. The maximum absolute atomic E-state index is 3.31. The van der Waals surface area contributed by atoms with Crippen molar-refractivity contribution in [2.24, 2.45) is 0 Å². The highest BCUT2D eigenvalue weighted by molar-refractivity contribution is 5.80. The molecule has 0 aliphatic heterocycles. The van der Waals surface area contributed by atoms with Crippen LogP contribution >= 0.6 is 0 Å². The van der Waals surface area contributed by atoms with Gasteiger partial charge in [0.15, 0.2) is 0 Å². The molecule has 1 radical (unpaired) electrons. The van der Waals surface area contributed by atoms with Gasteiger partial charge in [-0.1, -0.05) is 49.4 Å². The van der Waals surface area contributed by atoms with Crippen LogP contribution in [0.5, 0.6) is 0 Å².